The van der Waals surface area contributed by atoms with Crippen molar-refractivity contribution in [3.8, 4) is 0 Å². The fourth-order valence-electron chi connectivity index (χ4n) is 5.94. The molecule has 0 aliphatic heterocycles. The molecule has 0 bridgehead atoms. The molecule has 3 nitrogen and oxygen atoms in total. The second-order valence-corrected chi connectivity index (χ2v) is 14.1. The van der Waals surface area contributed by atoms with Gasteiger partial charge in [0.05, 0.1) is 0 Å². The summed E-state index contributed by atoms with van der Waals surface area (Å²) in [6.45, 7) is 5.47. The number of rotatable bonds is 36. The van der Waals surface area contributed by atoms with E-state index in [0.717, 1.165) is 38.6 Å². The molecule has 0 saturated heterocycles. The van der Waals surface area contributed by atoms with Gasteiger partial charge in [-0.05, 0) is 117 Å². The van der Waals surface area contributed by atoms with Crippen molar-refractivity contribution in [3.63, 3.8) is 0 Å². The van der Waals surface area contributed by atoms with E-state index in [1.807, 2.05) is 0 Å². The quantitative estimate of drug-likeness (QED) is 0.0382. The summed E-state index contributed by atoms with van der Waals surface area (Å²) < 4.78 is 6.01. The standard InChI is InChI=1S/C44H81NO2/c1-5-7-9-11-13-15-17-19-21-23-25-27-29-31-33-35-37-40-43(47-44(46)41-38-42-45(3)4)39-36-34-32-30-28-26-24-22-20-18-16-14-12-10-8-6-2/h13-16,19-22,43H,5-12,17-18,23-42H2,1-4H3/b15-13-,16-14-,21-19-,22-20-. The van der Waals surface area contributed by atoms with Crippen molar-refractivity contribution in [1.82, 2.24) is 4.90 Å². The Morgan fingerprint density at radius 1 is 0.489 bits per heavy atom. The molecule has 0 radical (unpaired) electrons. The highest BCUT2D eigenvalue weighted by molar-refractivity contribution is 5.69. The summed E-state index contributed by atoms with van der Waals surface area (Å²) in [6.07, 6.45) is 54.2. The molecule has 0 rings (SSSR count). The minimum Gasteiger partial charge on any atom is -0.462 e. The van der Waals surface area contributed by atoms with Crippen LogP contribution in [0.3, 0.4) is 0 Å². The van der Waals surface area contributed by atoms with Crippen LogP contribution in [0, 0.1) is 0 Å². The zero-order valence-electron chi connectivity index (χ0n) is 32.2. The molecule has 47 heavy (non-hydrogen) atoms. The van der Waals surface area contributed by atoms with Gasteiger partial charge in [0, 0.05) is 6.42 Å². The van der Waals surface area contributed by atoms with E-state index in [1.165, 1.54) is 148 Å². The predicted molar refractivity (Wildman–Crippen MR) is 210 cm³/mol. The number of ether oxygens (including phenoxy) is 1. The Labute approximate surface area is 295 Å². The van der Waals surface area contributed by atoms with Crippen LogP contribution in [0.4, 0.5) is 0 Å². The van der Waals surface area contributed by atoms with Crippen LogP contribution in [0.15, 0.2) is 48.6 Å². The normalized spacial score (nSPS) is 13.0. The second kappa shape index (κ2) is 38.8. The molecule has 0 aliphatic rings. The topological polar surface area (TPSA) is 29.5 Å². The summed E-state index contributed by atoms with van der Waals surface area (Å²) >= 11 is 0. The SMILES string of the molecule is CCCCC/C=C\C/C=C\CCCCCCCCCC(CCCCCCCC/C=C\C/C=C\CCCCC)OC(=O)CCCN(C)C. The molecule has 0 aromatic rings. The highest BCUT2D eigenvalue weighted by Gasteiger charge is 2.14. The molecule has 0 N–H and O–H groups in total. The van der Waals surface area contributed by atoms with Gasteiger partial charge in [0.25, 0.3) is 0 Å². The minimum atomic E-state index is 0.00827. The van der Waals surface area contributed by atoms with Crippen LogP contribution in [0.5, 0.6) is 0 Å². The average Bonchev–Trinajstić information content (AvgIpc) is 3.05. The molecule has 274 valence electrons. The first kappa shape index (κ1) is 45.4. The number of hydrogen-bond donors (Lipinski definition) is 0. The number of unbranched alkanes of at least 4 members (excludes halogenated alkanes) is 19. The van der Waals surface area contributed by atoms with Crippen LogP contribution in [0.25, 0.3) is 0 Å². The van der Waals surface area contributed by atoms with Crippen molar-refractivity contribution >= 4 is 5.97 Å². The number of nitrogens with zero attached hydrogens (tertiary/aromatic N) is 1. The van der Waals surface area contributed by atoms with Crippen molar-refractivity contribution in [1.29, 1.82) is 0 Å². The Kier molecular flexibility index (Phi) is 37.5. The Balaban J connectivity index is 3.99. The average molecular weight is 656 g/mol. The molecule has 1 unspecified atom stereocenters. The maximum Gasteiger partial charge on any atom is 0.306 e. The van der Waals surface area contributed by atoms with Crippen LogP contribution in [0.2, 0.25) is 0 Å². The van der Waals surface area contributed by atoms with E-state index in [2.05, 4.69) is 81.5 Å². The zero-order chi connectivity index (χ0) is 34.3. The van der Waals surface area contributed by atoms with E-state index in [4.69, 9.17) is 4.74 Å². The third-order valence-electron chi connectivity index (χ3n) is 8.99. The molecule has 0 heterocycles. The maximum absolute atomic E-state index is 12.5. The number of esters is 1. The molecule has 3 heteroatoms. The van der Waals surface area contributed by atoms with Crippen LogP contribution in [-0.4, -0.2) is 37.6 Å². The van der Waals surface area contributed by atoms with Crippen LogP contribution >= 0.6 is 0 Å². The lowest BCUT2D eigenvalue weighted by Gasteiger charge is -2.18. The van der Waals surface area contributed by atoms with Crippen molar-refractivity contribution in [2.75, 3.05) is 20.6 Å². The molecule has 0 aromatic carbocycles. The monoisotopic (exact) mass is 656 g/mol. The fourth-order valence-corrected chi connectivity index (χ4v) is 5.94. The van der Waals surface area contributed by atoms with E-state index in [-0.39, 0.29) is 12.1 Å². The maximum atomic E-state index is 12.5. The van der Waals surface area contributed by atoms with Gasteiger partial charge in [0.15, 0.2) is 0 Å². The highest BCUT2D eigenvalue weighted by Crippen LogP contribution is 2.18. The van der Waals surface area contributed by atoms with Gasteiger partial charge in [0.1, 0.15) is 6.10 Å². The molecule has 0 saturated carbocycles. The van der Waals surface area contributed by atoms with Crippen molar-refractivity contribution in [3.05, 3.63) is 48.6 Å². The Bertz CT molecular complexity index is 750. The van der Waals surface area contributed by atoms with Crippen LogP contribution in [-0.2, 0) is 9.53 Å². The van der Waals surface area contributed by atoms with Crippen molar-refractivity contribution < 1.29 is 9.53 Å². The lowest BCUT2D eigenvalue weighted by Crippen LogP contribution is -2.20. The molecular formula is C44H81NO2. The van der Waals surface area contributed by atoms with Gasteiger partial charge in [-0.1, -0.05) is 146 Å². The van der Waals surface area contributed by atoms with E-state index in [1.54, 1.807) is 0 Å². The highest BCUT2D eigenvalue weighted by atomic mass is 16.5. The van der Waals surface area contributed by atoms with Gasteiger partial charge in [-0.25, -0.2) is 0 Å². The smallest absolute Gasteiger partial charge is 0.306 e. The summed E-state index contributed by atoms with van der Waals surface area (Å²) in [5.74, 6) is 0.00827. The van der Waals surface area contributed by atoms with Gasteiger partial charge < -0.3 is 9.64 Å². The first-order valence-corrected chi connectivity index (χ1v) is 20.5. The van der Waals surface area contributed by atoms with E-state index >= 15 is 0 Å². The van der Waals surface area contributed by atoms with Gasteiger partial charge >= 0.3 is 5.97 Å². The molecule has 1 atom stereocenters. The van der Waals surface area contributed by atoms with Crippen molar-refractivity contribution in [2.45, 2.75) is 206 Å². The van der Waals surface area contributed by atoms with Crippen molar-refractivity contribution in [2.24, 2.45) is 0 Å². The van der Waals surface area contributed by atoms with Crippen LogP contribution in [0.1, 0.15) is 200 Å². The summed E-state index contributed by atoms with van der Waals surface area (Å²) in [5.41, 5.74) is 0. The summed E-state index contributed by atoms with van der Waals surface area (Å²) in [6, 6.07) is 0. The number of allylic oxidation sites excluding steroid dienone is 8. The fraction of sp³-hybridized carbons (Fsp3) is 0.795. The predicted octanol–water partition coefficient (Wildman–Crippen LogP) is 14.0. The summed E-state index contributed by atoms with van der Waals surface area (Å²) in [4.78, 5) is 14.7. The molecule has 0 amide bonds. The van der Waals surface area contributed by atoms with Gasteiger partial charge in [-0.2, -0.15) is 0 Å². The third-order valence-corrected chi connectivity index (χ3v) is 8.99. The Morgan fingerprint density at radius 3 is 1.23 bits per heavy atom. The zero-order valence-corrected chi connectivity index (χ0v) is 32.2. The van der Waals surface area contributed by atoms with E-state index in [9.17, 15) is 4.79 Å². The first-order valence-electron chi connectivity index (χ1n) is 20.5. The van der Waals surface area contributed by atoms with Gasteiger partial charge in [-0.3, -0.25) is 4.79 Å². The van der Waals surface area contributed by atoms with E-state index in [0.29, 0.717) is 6.42 Å². The molecule has 0 aromatic heterocycles. The van der Waals surface area contributed by atoms with Gasteiger partial charge in [0.2, 0.25) is 0 Å². The largest absolute Gasteiger partial charge is 0.462 e. The number of carbonyl (C=O) groups is 1. The summed E-state index contributed by atoms with van der Waals surface area (Å²) in [5, 5.41) is 0. The van der Waals surface area contributed by atoms with Crippen LogP contribution < -0.4 is 0 Å². The number of carbonyl (C=O) groups excluding carboxylic acids is 1. The lowest BCUT2D eigenvalue weighted by atomic mass is 10.0. The molecule has 0 spiro atoms. The van der Waals surface area contributed by atoms with Gasteiger partial charge in [-0.15, -0.1) is 0 Å². The van der Waals surface area contributed by atoms with E-state index < -0.39 is 0 Å². The number of hydrogen-bond acceptors (Lipinski definition) is 3. The lowest BCUT2D eigenvalue weighted by molar-refractivity contribution is -0.150. The second-order valence-electron chi connectivity index (χ2n) is 14.1. The summed E-state index contributed by atoms with van der Waals surface area (Å²) in [7, 11) is 4.12. The first-order chi connectivity index (χ1) is 23.1. The Morgan fingerprint density at radius 2 is 0.851 bits per heavy atom. The molecular weight excluding hydrogens is 574 g/mol. The Hall–Kier alpha value is -1.61. The molecule has 0 fully saturated rings. The molecule has 0 aliphatic carbocycles. The third kappa shape index (κ3) is 38.7. The minimum absolute atomic E-state index is 0.00827.